The van der Waals surface area contributed by atoms with E-state index in [1.54, 1.807) is 11.1 Å². The van der Waals surface area contributed by atoms with Gasteiger partial charge in [-0.3, -0.25) is 0 Å². The van der Waals surface area contributed by atoms with Crippen LogP contribution in [-0.4, -0.2) is 6.94 Å². The zero-order chi connectivity index (χ0) is 37.3. The first kappa shape index (κ1) is 38.2. The van der Waals surface area contributed by atoms with Crippen LogP contribution in [0.4, 0.5) is 0 Å². The Morgan fingerprint density at radius 2 is 1.00 bits per heavy atom. The summed E-state index contributed by atoms with van der Waals surface area (Å²) in [5, 5.41) is 0. The summed E-state index contributed by atoms with van der Waals surface area (Å²) in [6.07, 6.45) is 15.6. The molecule has 0 aromatic heterocycles. The maximum absolute atomic E-state index is 5.04. The molecular formula is C49H66HfSi. The van der Waals surface area contributed by atoms with Gasteiger partial charge in [-0.25, -0.2) is 0 Å². The van der Waals surface area contributed by atoms with E-state index in [2.05, 4.69) is 180 Å². The molecule has 6 rings (SSSR count). The average Bonchev–Trinajstić information content (AvgIpc) is 3.70. The molecule has 0 saturated heterocycles. The molecule has 2 heteroatoms. The summed E-state index contributed by atoms with van der Waals surface area (Å²) in [5.41, 5.74) is 17.3. The van der Waals surface area contributed by atoms with E-state index < -0.39 is 14.2 Å². The fourth-order valence-electron chi connectivity index (χ4n) is 10.4. The minimum atomic E-state index is -5.04. The molecule has 2 aliphatic rings. The van der Waals surface area contributed by atoms with Crippen LogP contribution in [0.2, 0.25) is 18.2 Å². The second-order valence-corrected chi connectivity index (χ2v) is 104. The van der Waals surface area contributed by atoms with Crippen LogP contribution in [0, 0.1) is 13.8 Å². The van der Waals surface area contributed by atoms with Crippen molar-refractivity contribution in [1.29, 1.82) is 0 Å². The molecule has 2 atom stereocenters. The third kappa shape index (κ3) is 6.43. The monoisotopic (exact) mass is 862 g/mol. The molecule has 0 fully saturated rings. The second-order valence-electron chi connectivity index (χ2n) is 22.2. The topological polar surface area (TPSA) is 0 Å². The van der Waals surface area contributed by atoms with Crippen LogP contribution in [0.25, 0.3) is 34.4 Å². The van der Waals surface area contributed by atoms with Crippen molar-refractivity contribution in [2.24, 2.45) is 0 Å². The summed E-state index contributed by atoms with van der Waals surface area (Å²) in [7, 11) is 0. The number of fused-ring (bicyclic) bond motifs is 2. The van der Waals surface area contributed by atoms with Crippen molar-refractivity contribution >= 4 is 19.1 Å². The molecule has 0 radical (unpaired) electrons. The minimum absolute atomic E-state index is 0.138. The van der Waals surface area contributed by atoms with Gasteiger partial charge in [-0.15, -0.1) is 0 Å². The van der Waals surface area contributed by atoms with E-state index in [4.69, 9.17) is 0 Å². The van der Waals surface area contributed by atoms with Crippen LogP contribution in [0.3, 0.4) is 0 Å². The Bertz CT molecular complexity index is 2080. The maximum atomic E-state index is 2.87. The van der Waals surface area contributed by atoms with E-state index in [1.807, 2.05) is 0 Å². The molecule has 4 aromatic rings. The number of rotatable bonds is 9. The first-order valence-electron chi connectivity index (χ1n) is 19.9. The van der Waals surface area contributed by atoms with Crippen LogP contribution in [0.1, 0.15) is 126 Å². The Kier molecular flexibility index (Phi) is 8.78. The summed E-state index contributed by atoms with van der Waals surface area (Å²) in [4.78, 5) is 0. The van der Waals surface area contributed by atoms with Gasteiger partial charge in [-0.1, -0.05) is 0 Å². The van der Waals surface area contributed by atoms with Crippen LogP contribution < -0.4 is 0 Å². The molecule has 4 aromatic carbocycles. The molecule has 0 heterocycles. The molecular weight excluding hydrogens is 795 g/mol. The van der Waals surface area contributed by atoms with Crippen LogP contribution in [-0.2, 0) is 25.0 Å². The van der Waals surface area contributed by atoms with Crippen molar-refractivity contribution < 1.29 is 14.2 Å². The Hall–Kier alpha value is -2.55. The summed E-state index contributed by atoms with van der Waals surface area (Å²) < 4.78 is 10.8. The number of hydrogen-bond acceptors (Lipinski definition) is 0. The molecule has 270 valence electrons. The van der Waals surface area contributed by atoms with Gasteiger partial charge in [0.25, 0.3) is 0 Å². The summed E-state index contributed by atoms with van der Waals surface area (Å²) in [5.74, 6) is 0. The fraction of sp³-hybridized carbons (Fsp3) is 0.429. The second kappa shape index (κ2) is 11.7. The number of allylic oxidation sites excluding steroid dienone is 2. The van der Waals surface area contributed by atoms with Crippen molar-refractivity contribution in [2.45, 2.75) is 124 Å². The Morgan fingerprint density at radius 1 is 0.569 bits per heavy atom. The molecule has 0 bridgehead atoms. The average molecular weight is 862 g/mol. The van der Waals surface area contributed by atoms with Gasteiger partial charge in [0.05, 0.1) is 0 Å². The van der Waals surface area contributed by atoms with Crippen molar-refractivity contribution in [3.05, 3.63) is 129 Å². The third-order valence-electron chi connectivity index (χ3n) is 14.0. The third-order valence-corrected chi connectivity index (χ3v) is 60.0. The van der Waals surface area contributed by atoms with E-state index >= 15 is 0 Å². The summed E-state index contributed by atoms with van der Waals surface area (Å²) in [6.45, 7) is 23.4. The standard InChI is InChI=1S/2C20H21.C6H13.3CH3.Hf.H2Si/c2*1-14-13-16(20(2,3)4)11-12-17(14)19-10-6-8-15-7-5-9-18(15)19;1-3-5-6-4-2;;;;;/h2*5-13H,1-4H3;1,3-6H2,2H3;3*1H3;;1H2. The van der Waals surface area contributed by atoms with E-state index in [9.17, 15) is 0 Å². The Balaban J connectivity index is 1.53. The van der Waals surface area contributed by atoms with E-state index in [-0.39, 0.29) is 10.8 Å². The molecule has 0 saturated carbocycles. The van der Waals surface area contributed by atoms with Crippen LogP contribution >= 0.6 is 0 Å². The van der Waals surface area contributed by atoms with Gasteiger partial charge in [-0.05, 0) is 0 Å². The zero-order valence-corrected chi connectivity index (χ0v) is 39.1. The fourth-order valence-corrected chi connectivity index (χ4v) is 49.6. The van der Waals surface area contributed by atoms with Crippen molar-refractivity contribution in [3.8, 4) is 22.3 Å². The van der Waals surface area contributed by atoms with Gasteiger partial charge in [-0.2, -0.15) is 0 Å². The first-order chi connectivity index (χ1) is 23.5. The van der Waals surface area contributed by atoms with E-state index in [0.717, 1.165) is 0 Å². The number of benzene rings is 4. The number of hydrogen-bond donors (Lipinski definition) is 0. The van der Waals surface area contributed by atoms with E-state index in [1.165, 1.54) is 85.5 Å². The van der Waals surface area contributed by atoms with Crippen molar-refractivity contribution in [3.63, 3.8) is 0 Å². The van der Waals surface area contributed by atoms with Crippen LogP contribution in [0.5, 0.6) is 0 Å². The molecule has 0 amide bonds. The van der Waals surface area contributed by atoms with Crippen LogP contribution in [0.15, 0.2) is 84.9 Å². The summed E-state index contributed by atoms with van der Waals surface area (Å²) >= 11 is -5.04. The van der Waals surface area contributed by atoms with Gasteiger partial charge in [0, 0.05) is 0 Å². The quantitative estimate of drug-likeness (QED) is 0.116. The van der Waals surface area contributed by atoms with Crippen molar-refractivity contribution in [2.75, 3.05) is 0 Å². The number of unbranched alkanes of at least 4 members (excludes halogenated alkanes) is 3. The zero-order valence-electron chi connectivity index (χ0n) is 34.1. The van der Waals surface area contributed by atoms with Gasteiger partial charge in [0.2, 0.25) is 0 Å². The predicted octanol–water partition coefficient (Wildman–Crippen LogP) is 14.5. The van der Waals surface area contributed by atoms with Crippen molar-refractivity contribution in [1.82, 2.24) is 0 Å². The van der Waals surface area contributed by atoms with Gasteiger partial charge in [0.1, 0.15) is 0 Å². The molecule has 51 heavy (non-hydrogen) atoms. The normalized spacial score (nSPS) is 19.3. The predicted molar refractivity (Wildman–Crippen MR) is 229 cm³/mol. The first-order valence-corrected chi connectivity index (χ1v) is 45.7. The Morgan fingerprint density at radius 3 is 1.37 bits per heavy atom. The molecule has 0 aliphatic heterocycles. The van der Waals surface area contributed by atoms with E-state index in [0.29, 0.717) is 7.35 Å². The molecule has 2 aliphatic carbocycles. The van der Waals surface area contributed by atoms with Gasteiger partial charge < -0.3 is 0 Å². The molecule has 0 nitrogen and oxygen atoms in total. The Labute approximate surface area is 307 Å². The SMILES string of the molecule is CCCCC[CH2][Hf]([CH3])([CH3])([CH3])(=[SiH2])([CH]1C=Cc2c(-c3ccc(C(C)(C)C)cc3C)cccc21)[CH]1C=Cc2c(-c3ccc(C(C)(C)C)cc3C)cccc21. The summed E-state index contributed by atoms with van der Waals surface area (Å²) in [6, 6.07) is 28.8. The van der Waals surface area contributed by atoms with Gasteiger partial charge >= 0.3 is 309 Å². The molecule has 0 N–H and O–H groups in total. The molecule has 2 unspecified atom stereocenters. The number of aryl methyl sites for hydroxylation is 2. The molecule has 0 spiro atoms. The van der Waals surface area contributed by atoms with Gasteiger partial charge in [0.15, 0.2) is 0 Å².